The van der Waals surface area contributed by atoms with E-state index in [1.54, 1.807) is 0 Å². The molecule has 0 heterocycles. The fraction of sp³-hybridized carbons (Fsp3) is 0.400. The molecular formula is C10H13ClF3NOS. The zero-order valence-corrected chi connectivity index (χ0v) is 10.6. The molecular weight excluding hydrogens is 275 g/mol. The van der Waals surface area contributed by atoms with E-state index in [1.807, 2.05) is 0 Å². The van der Waals surface area contributed by atoms with Gasteiger partial charge in [-0.15, -0.1) is 12.4 Å². The minimum Gasteiger partial charge on any atom is -0.391 e. The van der Waals surface area contributed by atoms with E-state index in [1.165, 1.54) is 31.2 Å². The summed E-state index contributed by atoms with van der Waals surface area (Å²) in [6, 6.07) is 5.09. The minimum absolute atomic E-state index is 0. The highest BCUT2D eigenvalue weighted by Gasteiger charge is 2.29. The number of aliphatic hydroxyl groups excluding tert-OH is 1. The molecule has 1 aromatic rings. The lowest BCUT2D eigenvalue weighted by molar-refractivity contribution is -0.0328. The molecule has 0 saturated heterocycles. The van der Waals surface area contributed by atoms with Crippen molar-refractivity contribution >= 4 is 24.2 Å². The number of halogens is 4. The van der Waals surface area contributed by atoms with Gasteiger partial charge in [0.15, 0.2) is 0 Å². The quantitative estimate of drug-likeness (QED) is 0.840. The Labute approximate surface area is 108 Å². The number of rotatable bonds is 3. The number of thioether (sulfide) groups is 1. The Balaban J connectivity index is 0.00000256. The summed E-state index contributed by atoms with van der Waals surface area (Å²) in [7, 11) is 0. The van der Waals surface area contributed by atoms with Gasteiger partial charge in [0, 0.05) is 4.90 Å². The zero-order valence-electron chi connectivity index (χ0n) is 8.94. The molecule has 0 aliphatic rings. The third kappa shape index (κ3) is 5.63. The first-order valence-corrected chi connectivity index (χ1v) is 5.40. The molecule has 0 aliphatic carbocycles. The van der Waals surface area contributed by atoms with E-state index in [0.29, 0.717) is 5.56 Å². The standard InChI is InChI=1S/C10H12F3NOS.ClH/c1-6(15)9(14)7-2-4-8(5-3-7)16-10(11,12)13;/h2-6,9,15H,14H2,1H3;1H/t6-,9-;/m1./s1. The van der Waals surface area contributed by atoms with Crippen molar-refractivity contribution in [3.8, 4) is 0 Å². The van der Waals surface area contributed by atoms with Crippen molar-refractivity contribution in [2.24, 2.45) is 5.73 Å². The monoisotopic (exact) mass is 287 g/mol. The molecule has 0 aliphatic heterocycles. The Morgan fingerprint density at radius 2 is 1.71 bits per heavy atom. The maximum Gasteiger partial charge on any atom is 0.446 e. The van der Waals surface area contributed by atoms with E-state index < -0.39 is 17.7 Å². The van der Waals surface area contributed by atoms with Crippen molar-refractivity contribution < 1.29 is 18.3 Å². The molecule has 0 unspecified atom stereocenters. The highest BCUT2D eigenvalue weighted by Crippen LogP contribution is 2.36. The number of hydrogen-bond acceptors (Lipinski definition) is 3. The molecule has 17 heavy (non-hydrogen) atoms. The van der Waals surface area contributed by atoms with E-state index in [9.17, 15) is 18.3 Å². The second kappa shape index (κ2) is 6.49. The van der Waals surface area contributed by atoms with Crippen LogP contribution in [0.1, 0.15) is 18.5 Å². The Bertz CT molecular complexity index is 342. The lowest BCUT2D eigenvalue weighted by Gasteiger charge is -2.15. The van der Waals surface area contributed by atoms with E-state index in [2.05, 4.69) is 0 Å². The Hall–Kier alpha value is -0.430. The topological polar surface area (TPSA) is 46.2 Å². The maximum absolute atomic E-state index is 12.0. The van der Waals surface area contributed by atoms with Crippen LogP contribution in [-0.4, -0.2) is 16.7 Å². The third-order valence-corrected chi connectivity index (χ3v) is 2.76. The molecule has 3 N–H and O–H groups in total. The van der Waals surface area contributed by atoms with E-state index >= 15 is 0 Å². The summed E-state index contributed by atoms with van der Waals surface area (Å²) in [5.74, 6) is 0. The van der Waals surface area contributed by atoms with Gasteiger partial charge in [0.25, 0.3) is 0 Å². The van der Waals surface area contributed by atoms with Crippen molar-refractivity contribution in [3.63, 3.8) is 0 Å². The average molecular weight is 288 g/mol. The Kier molecular flexibility index (Phi) is 6.32. The Morgan fingerprint density at radius 3 is 2.06 bits per heavy atom. The molecule has 2 nitrogen and oxygen atoms in total. The Morgan fingerprint density at radius 1 is 1.24 bits per heavy atom. The fourth-order valence-electron chi connectivity index (χ4n) is 1.17. The van der Waals surface area contributed by atoms with Gasteiger partial charge in [-0.2, -0.15) is 13.2 Å². The van der Waals surface area contributed by atoms with Crippen LogP contribution >= 0.6 is 24.2 Å². The van der Waals surface area contributed by atoms with Crippen molar-refractivity contribution in [3.05, 3.63) is 29.8 Å². The van der Waals surface area contributed by atoms with Crippen LogP contribution in [0.25, 0.3) is 0 Å². The van der Waals surface area contributed by atoms with Gasteiger partial charge in [-0.05, 0) is 36.4 Å². The number of alkyl halides is 3. The number of aliphatic hydroxyl groups is 1. The summed E-state index contributed by atoms with van der Waals surface area (Å²) in [6.07, 6.45) is -0.735. The first-order chi connectivity index (χ1) is 7.29. The maximum atomic E-state index is 12.0. The van der Waals surface area contributed by atoms with Crippen molar-refractivity contribution in [2.75, 3.05) is 0 Å². The zero-order chi connectivity index (χ0) is 12.3. The molecule has 0 radical (unpaired) electrons. The van der Waals surface area contributed by atoms with Crippen LogP contribution in [0.15, 0.2) is 29.2 Å². The van der Waals surface area contributed by atoms with Gasteiger partial charge in [0.2, 0.25) is 0 Å². The summed E-state index contributed by atoms with van der Waals surface area (Å²) in [4.78, 5) is 0.106. The van der Waals surface area contributed by atoms with Gasteiger partial charge in [0.1, 0.15) is 0 Å². The van der Waals surface area contributed by atoms with Gasteiger partial charge in [-0.3, -0.25) is 0 Å². The molecule has 1 aromatic carbocycles. The van der Waals surface area contributed by atoms with Crippen LogP contribution in [0.3, 0.4) is 0 Å². The van der Waals surface area contributed by atoms with Gasteiger partial charge < -0.3 is 10.8 Å². The molecule has 2 atom stereocenters. The van der Waals surface area contributed by atoms with Crippen LogP contribution in [0.5, 0.6) is 0 Å². The van der Waals surface area contributed by atoms with Crippen molar-refractivity contribution in [1.29, 1.82) is 0 Å². The van der Waals surface area contributed by atoms with E-state index in [4.69, 9.17) is 5.73 Å². The van der Waals surface area contributed by atoms with E-state index in [-0.39, 0.29) is 29.1 Å². The summed E-state index contributed by atoms with van der Waals surface area (Å²) < 4.78 is 36.1. The highest BCUT2D eigenvalue weighted by molar-refractivity contribution is 8.00. The summed E-state index contributed by atoms with van der Waals surface area (Å²) >= 11 is -0.174. The fourth-order valence-corrected chi connectivity index (χ4v) is 1.71. The molecule has 0 spiro atoms. The molecule has 0 fully saturated rings. The van der Waals surface area contributed by atoms with Crippen LogP contribution in [0.4, 0.5) is 13.2 Å². The smallest absolute Gasteiger partial charge is 0.391 e. The van der Waals surface area contributed by atoms with Gasteiger partial charge in [-0.25, -0.2) is 0 Å². The molecule has 98 valence electrons. The number of nitrogens with two attached hydrogens (primary N) is 1. The lowest BCUT2D eigenvalue weighted by atomic mass is 10.0. The van der Waals surface area contributed by atoms with Gasteiger partial charge in [-0.1, -0.05) is 12.1 Å². The van der Waals surface area contributed by atoms with Crippen LogP contribution in [0, 0.1) is 0 Å². The van der Waals surface area contributed by atoms with Crippen LogP contribution in [-0.2, 0) is 0 Å². The summed E-state index contributed by atoms with van der Waals surface area (Å²) in [6.45, 7) is 1.53. The van der Waals surface area contributed by atoms with Gasteiger partial charge >= 0.3 is 5.51 Å². The first-order valence-electron chi connectivity index (χ1n) is 4.59. The summed E-state index contributed by atoms with van der Waals surface area (Å²) in [5.41, 5.74) is 1.96. The summed E-state index contributed by atoms with van der Waals surface area (Å²) in [5, 5.41) is 9.22. The normalized spacial score (nSPS) is 14.9. The van der Waals surface area contributed by atoms with Crippen molar-refractivity contribution in [1.82, 2.24) is 0 Å². The first kappa shape index (κ1) is 16.6. The van der Waals surface area contributed by atoms with Crippen molar-refractivity contribution in [2.45, 2.75) is 29.5 Å². The highest BCUT2D eigenvalue weighted by atomic mass is 35.5. The predicted molar refractivity (Wildman–Crippen MR) is 64.2 cm³/mol. The molecule has 0 saturated carbocycles. The number of hydrogen-bond donors (Lipinski definition) is 2. The lowest BCUT2D eigenvalue weighted by Crippen LogP contribution is -2.22. The SMILES string of the molecule is C[C@@H](O)[C@@H](N)c1ccc(SC(F)(F)F)cc1.Cl. The predicted octanol–water partition coefficient (Wildman–Crippen LogP) is 3.10. The van der Waals surface area contributed by atoms with Gasteiger partial charge in [0.05, 0.1) is 12.1 Å². The number of benzene rings is 1. The van der Waals surface area contributed by atoms with Crippen LogP contribution < -0.4 is 5.73 Å². The molecule has 0 amide bonds. The molecule has 0 aromatic heterocycles. The minimum atomic E-state index is -4.28. The second-order valence-electron chi connectivity index (χ2n) is 3.38. The molecule has 0 bridgehead atoms. The third-order valence-electron chi connectivity index (χ3n) is 2.02. The molecule has 7 heteroatoms. The second-order valence-corrected chi connectivity index (χ2v) is 4.52. The van der Waals surface area contributed by atoms with E-state index in [0.717, 1.165) is 0 Å². The van der Waals surface area contributed by atoms with Crippen LogP contribution in [0.2, 0.25) is 0 Å². The molecule has 1 rings (SSSR count). The average Bonchev–Trinajstić information content (AvgIpc) is 2.15. The largest absolute Gasteiger partial charge is 0.446 e.